The van der Waals surface area contributed by atoms with Gasteiger partial charge in [0.1, 0.15) is 9.53 Å². The van der Waals surface area contributed by atoms with Gasteiger partial charge in [-0.25, -0.2) is 0 Å². The summed E-state index contributed by atoms with van der Waals surface area (Å²) < 4.78 is 17.9. The predicted molar refractivity (Wildman–Crippen MR) is 208 cm³/mol. The fourth-order valence-electron chi connectivity index (χ4n) is 12.6. The van der Waals surface area contributed by atoms with Gasteiger partial charge in [0.2, 0.25) is 0 Å². The second kappa shape index (κ2) is 12.5. The van der Waals surface area contributed by atoms with Gasteiger partial charge >= 0.3 is 5.97 Å². The van der Waals surface area contributed by atoms with E-state index in [1.54, 1.807) is 0 Å². The standard InChI is InChI=1S/C45H57IO5/c1-40(2)35-17-20-44(6)38(42(35,4)19-18-36(40)50-28-31-27-49-31)34(47)25-32-33-26-45(46,24-22-41(33,3)21-23-43(32,44)5)39(48)51-37(29-13-9-7-10-14-29)30-15-11-8-12-16-30/h7-16,25,31,33,35-38H,17-24,26-28H2,1-6H3/t31?,33-,35?,36-,38+,41-,42-,43+,44+,45+/m0/s1. The minimum absolute atomic E-state index is 0.00994. The zero-order valence-electron chi connectivity index (χ0n) is 31.5. The Morgan fingerprint density at radius 2 is 1.49 bits per heavy atom. The van der Waals surface area contributed by atoms with Crippen molar-refractivity contribution in [3.63, 3.8) is 0 Å². The molecule has 8 rings (SSSR count). The van der Waals surface area contributed by atoms with Gasteiger partial charge in [0.15, 0.2) is 11.9 Å². The van der Waals surface area contributed by atoms with Crippen molar-refractivity contribution in [2.45, 2.75) is 121 Å². The molecule has 0 aromatic heterocycles. The Morgan fingerprint density at radius 1 is 0.863 bits per heavy atom. The highest BCUT2D eigenvalue weighted by atomic mass is 127. The van der Waals surface area contributed by atoms with Gasteiger partial charge in [-0.3, -0.25) is 9.59 Å². The molecular weight excluding hydrogens is 747 g/mol. The van der Waals surface area contributed by atoms with Crippen molar-refractivity contribution < 1.29 is 23.8 Å². The van der Waals surface area contributed by atoms with Crippen LogP contribution in [0.2, 0.25) is 0 Å². The summed E-state index contributed by atoms with van der Waals surface area (Å²) >= 11 is 2.44. The van der Waals surface area contributed by atoms with Crippen LogP contribution < -0.4 is 0 Å². The third kappa shape index (κ3) is 5.65. The number of carbonyl (C=O) groups is 2. The van der Waals surface area contributed by atoms with Crippen molar-refractivity contribution in [1.82, 2.24) is 0 Å². The van der Waals surface area contributed by atoms with Crippen molar-refractivity contribution in [3.8, 4) is 0 Å². The summed E-state index contributed by atoms with van der Waals surface area (Å²) in [6.07, 6.45) is 11.0. The molecule has 51 heavy (non-hydrogen) atoms. The molecule has 5 aliphatic carbocycles. The van der Waals surface area contributed by atoms with E-state index in [9.17, 15) is 9.59 Å². The van der Waals surface area contributed by atoms with Crippen LogP contribution >= 0.6 is 22.6 Å². The molecule has 4 saturated carbocycles. The fourth-order valence-corrected chi connectivity index (χ4v) is 13.5. The smallest absolute Gasteiger partial charge is 0.323 e. The molecular formula is C45H57IO5. The Bertz CT molecular complexity index is 1660. The molecule has 0 bridgehead atoms. The molecule has 2 unspecified atom stereocenters. The van der Waals surface area contributed by atoms with E-state index in [1.165, 1.54) is 5.57 Å². The van der Waals surface area contributed by atoms with E-state index in [-0.39, 0.29) is 57.1 Å². The average Bonchev–Trinajstić information content (AvgIpc) is 3.93. The van der Waals surface area contributed by atoms with E-state index < -0.39 is 9.53 Å². The summed E-state index contributed by atoms with van der Waals surface area (Å²) in [6, 6.07) is 20.2. The Labute approximate surface area is 319 Å². The van der Waals surface area contributed by atoms with Crippen LogP contribution in [0.3, 0.4) is 0 Å². The molecule has 0 spiro atoms. The molecule has 0 radical (unpaired) electrons. The van der Waals surface area contributed by atoms with Gasteiger partial charge in [0.05, 0.1) is 19.3 Å². The molecule has 5 nitrogen and oxygen atoms in total. The van der Waals surface area contributed by atoms with Crippen molar-refractivity contribution >= 4 is 34.3 Å². The van der Waals surface area contributed by atoms with Crippen molar-refractivity contribution in [2.24, 2.45) is 44.8 Å². The number of hydrogen-bond donors (Lipinski definition) is 0. The molecule has 1 saturated heterocycles. The van der Waals surface area contributed by atoms with E-state index >= 15 is 0 Å². The topological polar surface area (TPSA) is 65.1 Å². The lowest BCUT2D eigenvalue weighted by atomic mass is 9.33. The molecule has 1 heterocycles. The van der Waals surface area contributed by atoms with Crippen LogP contribution in [0.4, 0.5) is 0 Å². The van der Waals surface area contributed by atoms with Crippen LogP contribution in [0.5, 0.6) is 0 Å². The predicted octanol–water partition coefficient (Wildman–Crippen LogP) is 10.3. The summed E-state index contributed by atoms with van der Waals surface area (Å²) in [4.78, 5) is 29.4. The quantitative estimate of drug-likeness (QED) is 0.121. The van der Waals surface area contributed by atoms with Crippen LogP contribution in [-0.4, -0.2) is 40.6 Å². The molecule has 6 aliphatic rings. The highest BCUT2D eigenvalue weighted by Crippen LogP contribution is 2.75. The van der Waals surface area contributed by atoms with Crippen LogP contribution in [0.1, 0.15) is 117 Å². The van der Waals surface area contributed by atoms with Crippen molar-refractivity contribution in [3.05, 3.63) is 83.4 Å². The molecule has 10 atom stereocenters. The molecule has 1 aliphatic heterocycles. The number of esters is 1. The number of epoxide rings is 1. The summed E-state index contributed by atoms with van der Waals surface area (Å²) in [7, 11) is 0. The number of fused-ring (bicyclic) bond motifs is 7. The minimum Gasteiger partial charge on any atom is -0.452 e. The van der Waals surface area contributed by atoms with Crippen molar-refractivity contribution in [1.29, 1.82) is 0 Å². The second-order valence-corrected chi connectivity index (χ2v) is 21.0. The molecule has 0 N–H and O–H groups in total. The van der Waals surface area contributed by atoms with E-state index in [1.807, 2.05) is 60.7 Å². The number of alkyl halides is 1. The highest BCUT2D eigenvalue weighted by molar-refractivity contribution is 14.1. The summed E-state index contributed by atoms with van der Waals surface area (Å²) in [5.41, 5.74) is 3.03. The van der Waals surface area contributed by atoms with Gasteiger partial charge in [-0.05, 0) is 114 Å². The number of allylic oxidation sites excluding steroid dienone is 2. The number of hydrogen-bond acceptors (Lipinski definition) is 5. The Kier molecular flexibility index (Phi) is 8.82. The van der Waals surface area contributed by atoms with E-state index in [0.29, 0.717) is 24.7 Å². The molecule has 2 aromatic carbocycles. The van der Waals surface area contributed by atoms with Crippen LogP contribution in [0, 0.1) is 44.8 Å². The first-order valence-corrected chi connectivity index (χ1v) is 20.7. The van der Waals surface area contributed by atoms with Crippen LogP contribution in [-0.2, 0) is 23.8 Å². The van der Waals surface area contributed by atoms with Gasteiger partial charge < -0.3 is 14.2 Å². The number of benzene rings is 2. The Balaban J connectivity index is 1.09. The highest BCUT2D eigenvalue weighted by Gasteiger charge is 2.70. The number of halogens is 1. The molecule has 5 fully saturated rings. The van der Waals surface area contributed by atoms with E-state index in [4.69, 9.17) is 14.2 Å². The van der Waals surface area contributed by atoms with Crippen LogP contribution in [0.15, 0.2) is 72.3 Å². The SMILES string of the molecule is CC1(C)C2CC[C@]3(C)[C@H](C(=O)C=C4[C@@H]5C[C@@](I)(C(=O)OC(c6ccccc6)c6ccccc6)CC[C@]5(C)CC[C@]43C)[C@@]2(C)CC[C@@H]1OCC1CO1. The third-order valence-corrected chi connectivity index (χ3v) is 17.3. The fraction of sp³-hybridized carbons (Fsp3) is 0.644. The van der Waals surface area contributed by atoms with Crippen molar-refractivity contribution in [2.75, 3.05) is 13.2 Å². The zero-order valence-corrected chi connectivity index (χ0v) is 33.7. The normalized spacial score (nSPS) is 42.5. The maximum Gasteiger partial charge on any atom is 0.323 e. The Morgan fingerprint density at radius 3 is 2.12 bits per heavy atom. The van der Waals surface area contributed by atoms with Crippen LogP contribution in [0.25, 0.3) is 0 Å². The first kappa shape index (κ1) is 36.0. The lowest BCUT2D eigenvalue weighted by molar-refractivity contribution is -0.209. The van der Waals surface area contributed by atoms with Gasteiger partial charge in [-0.2, -0.15) is 0 Å². The molecule has 274 valence electrons. The van der Waals surface area contributed by atoms with E-state index in [2.05, 4.69) is 70.2 Å². The summed E-state index contributed by atoms with van der Waals surface area (Å²) in [5, 5.41) is 0. The largest absolute Gasteiger partial charge is 0.452 e. The number of rotatable bonds is 7. The number of carbonyl (C=O) groups excluding carboxylic acids is 2. The molecule has 6 heteroatoms. The lowest BCUT2D eigenvalue weighted by Gasteiger charge is -2.70. The van der Waals surface area contributed by atoms with Gasteiger partial charge in [-0.15, -0.1) is 0 Å². The summed E-state index contributed by atoms with van der Waals surface area (Å²) in [5.74, 6) is 0.780. The van der Waals surface area contributed by atoms with Gasteiger partial charge in [-0.1, -0.05) is 130 Å². The maximum absolute atomic E-state index is 14.9. The van der Waals surface area contributed by atoms with E-state index in [0.717, 1.165) is 69.1 Å². The third-order valence-electron chi connectivity index (χ3n) is 15.9. The minimum atomic E-state index is -0.665. The maximum atomic E-state index is 14.9. The average molecular weight is 805 g/mol. The number of ketones is 1. The first-order chi connectivity index (χ1) is 24.1. The second-order valence-electron chi connectivity index (χ2n) is 18.9. The molecule has 0 amide bonds. The van der Waals surface area contributed by atoms with Gasteiger partial charge in [0.25, 0.3) is 0 Å². The van der Waals surface area contributed by atoms with Gasteiger partial charge in [0, 0.05) is 5.92 Å². The monoisotopic (exact) mass is 804 g/mol. The first-order valence-electron chi connectivity index (χ1n) is 19.6. The Hall–Kier alpha value is -2.03. The molecule has 2 aromatic rings. The number of ether oxygens (including phenoxy) is 3. The lowest BCUT2D eigenvalue weighted by Crippen LogP contribution is -2.67. The summed E-state index contributed by atoms with van der Waals surface area (Å²) in [6.45, 7) is 16.2. The zero-order chi connectivity index (χ0) is 36.0.